The van der Waals surface area contributed by atoms with Crippen molar-refractivity contribution in [3.8, 4) is 0 Å². The third-order valence-electron chi connectivity index (χ3n) is 2.06. The fraction of sp³-hybridized carbons (Fsp3) is 0.750. The molecule has 0 aliphatic rings. The van der Waals surface area contributed by atoms with Gasteiger partial charge in [-0.3, -0.25) is 4.79 Å². The van der Waals surface area contributed by atoms with E-state index in [-0.39, 0.29) is 12.5 Å². The lowest BCUT2D eigenvalue weighted by atomic mass is 10.0. The van der Waals surface area contributed by atoms with Crippen molar-refractivity contribution in [2.75, 3.05) is 6.54 Å². The van der Waals surface area contributed by atoms with E-state index in [2.05, 4.69) is 5.32 Å². The third-order valence-corrected chi connectivity index (χ3v) is 2.06. The van der Waals surface area contributed by atoms with Crippen molar-refractivity contribution in [3.63, 3.8) is 0 Å². The highest BCUT2D eigenvalue weighted by atomic mass is 16.3. The smallest absolute Gasteiger partial charge is 0.247 e. The number of carbonyl (C=O) groups excluding carboxylic acids is 1. The minimum Gasteiger partial charge on any atom is -0.389 e. The molecule has 2 N–H and O–H groups in total. The van der Waals surface area contributed by atoms with Crippen LogP contribution in [0.5, 0.6) is 0 Å². The molecule has 0 unspecified atom stereocenters. The molecule has 1 amide bonds. The first kappa shape index (κ1) is 14.2. The Bertz CT molecular complexity index is 245. The van der Waals surface area contributed by atoms with Crippen LogP contribution < -0.4 is 5.32 Å². The van der Waals surface area contributed by atoms with Crippen LogP contribution >= 0.6 is 0 Å². The second-order valence-electron chi connectivity index (χ2n) is 4.72. The van der Waals surface area contributed by atoms with Crippen molar-refractivity contribution in [1.29, 1.82) is 0 Å². The van der Waals surface area contributed by atoms with Gasteiger partial charge in [-0.2, -0.15) is 0 Å². The minimum absolute atomic E-state index is 0.0565. The van der Waals surface area contributed by atoms with Crippen LogP contribution in [0.4, 0.5) is 0 Å². The molecule has 0 radical (unpaired) electrons. The molecule has 0 aliphatic heterocycles. The minimum atomic E-state index is -0.853. The molecule has 0 spiro atoms. The van der Waals surface area contributed by atoms with Crippen LogP contribution in [0, 0.1) is 0 Å². The van der Waals surface area contributed by atoms with E-state index < -0.39 is 5.60 Å². The highest BCUT2D eigenvalue weighted by molar-refractivity contribution is 5.94. The Hall–Kier alpha value is -0.830. The molecule has 0 rings (SSSR count). The van der Waals surface area contributed by atoms with Gasteiger partial charge in [0, 0.05) is 12.1 Å². The molecule has 0 aromatic carbocycles. The van der Waals surface area contributed by atoms with Gasteiger partial charge in [0.15, 0.2) is 0 Å². The van der Waals surface area contributed by atoms with Crippen LogP contribution in [0.1, 0.15) is 47.5 Å². The molecule has 0 saturated carbocycles. The SMILES string of the molecule is CCCC(C(=O)NCC(C)(C)O)=C(C)C. The summed E-state index contributed by atoms with van der Waals surface area (Å²) in [6, 6.07) is 0. The fourth-order valence-electron chi connectivity index (χ4n) is 1.24. The molecule has 0 heterocycles. The summed E-state index contributed by atoms with van der Waals surface area (Å²) >= 11 is 0. The van der Waals surface area contributed by atoms with E-state index in [1.165, 1.54) is 0 Å². The van der Waals surface area contributed by atoms with Crippen LogP contribution in [0.25, 0.3) is 0 Å². The molecule has 3 nitrogen and oxygen atoms in total. The number of rotatable bonds is 5. The molecule has 0 aromatic rings. The van der Waals surface area contributed by atoms with E-state index in [0.29, 0.717) is 0 Å². The Labute approximate surface area is 92.6 Å². The molecule has 0 aromatic heterocycles. The summed E-state index contributed by atoms with van der Waals surface area (Å²) in [5.41, 5.74) is 1.03. The van der Waals surface area contributed by atoms with Gasteiger partial charge in [-0.1, -0.05) is 18.9 Å². The van der Waals surface area contributed by atoms with Gasteiger partial charge in [-0.05, 0) is 34.1 Å². The first-order chi connectivity index (χ1) is 6.78. The predicted octanol–water partition coefficient (Wildman–Crippen LogP) is 2.01. The van der Waals surface area contributed by atoms with Crippen molar-refractivity contribution >= 4 is 5.91 Å². The van der Waals surface area contributed by atoms with Gasteiger partial charge in [0.1, 0.15) is 0 Å². The van der Waals surface area contributed by atoms with E-state index in [0.717, 1.165) is 24.0 Å². The molecule has 3 heteroatoms. The van der Waals surface area contributed by atoms with Gasteiger partial charge in [-0.15, -0.1) is 0 Å². The van der Waals surface area contributed by atoms with Gasteiger partial charge in [-0.25, -0.2) is 0 Å². The summed E-state index contributed by atoms with van der Waals surface area (Å²) in [5.74, 6) is -0.0565. The Morgan fingerprint density at radius 3 is 2.20 bits per heavy atom. The van der Waals surface area contributed by atoms with Crippen LogP contribution in [0.3, 0.4) is 0 Å². The molecule has 0 bridgehead atoms. The number of nitrogens with one attached hydrogen (secondary N) is 1. The fourth-order valence-corrected chi connectivity index (χ4v) is 1.24. The molecule has 15 heavy (non-hydrogen) atoms. The summed E-state index contributed by atoms with van der Waals surface area (Å²) in [6.07, 6.45) is 1.75. The normalized spacial score (nSPS) is 11.1. The third kappa shape index (κ3) is 6.28. The van der Waals surface area contributed by atoms with Gasteiger partial charge in [0.2, 0.25) is 5.91 Å². The Morgan fingerprint density at radius 1 is 1.33 bits per heavy atom. The van der Waals surface area contributed by atoms with E-state index >= 15 is 0 Å². The van der Waals surface area contributed by atoms with E-state index in [1.807, 2.05) is 20.8 Å². The zero-order valence-corrected chi connectivity index (χ0v) is 10.5. The van der Waals surface area contributed by atoms with Crippen molar-refractivity contribution in [2.45, 2.75) is 53.1 Å². The monoisotopic (exact) mass is 213 g/mol. The summed E-state index contributed by atoms with van der Waals surface area (Å²) in [6.45, 7) is 9.56. The number of hydrogen-bond acceptors (Lipinski definition) is 2. The number of aliphatic hydroxyl groups is 1. The maximum atomic E-state index is 11.7. The lowest BCUT2D eigenvalue weighted by Crippen LogP contribution is -2.39. The van der Waals surface area contributed by atoms with E-state index in [1.54, 1.807) is 13.8 Å². The number of amides is 1. The molecule has 0 aliphatic carbocycles. The lowest BCUT2D eigenvalue weighted by Gasteiger charge is -2.18. The Kier molecular flexibility index (Phi) is 5.58. The first-order valence-corrected chi connectivity index (χ1v) is 5.45. The second-order valence-corrected chi connectivity index (χ2v) is 4.72. The summed E-state index contributed by atoms with van der Waals surface area (Å²) < 4.78 is 0. The molecular formula is C12H23NO2. The zero-order valence-electron chi connectivity index (χ0n) is 10.5. The van der Waals surface area contributed by atoms with Crippen LogP contribution in [-0.2, 0) is 4.79 Å². The van der Waals surface area contributed by atoms with E-state index in [4.69, 9.17) is 0 Å². The first-order valence-electron chi connectivity index (χ1n) is 5.45. The van der Waals surface area contributed by atoms with Gasteiger partial charge >= 0.3 is 0 Å². The summed E-state index contributed by atoms with van der Waals surface area (Å²) in [7, 11) is 0. The second kappa shape index (κ2) is 5.91. The molecule has 0 atom stereocenters. The summed E-state index contributed by atoms with van der Waals surface area (Å²) in [5, 5.41) is 12.2. The van der Waals surface area contributed by atoms with Gasteiger partial charge < -0.3 is 10.4 Å². The molecule has 88 valence electrons. The summed E-state index contributed by atoms with van der Waals surface area (Å²) in [4.78, 5) is 11.7. The number of hydrogen-bond donors (Lipinski definition) is 2. The highest BCUT2D eigenvalue weighted by Crippen LogP contribution is 2.11. The van der Waals surface area contributed by atoms with Crippen molar-refractivity contribution in [1.82, 2.24) is 5.32 Å². The van der Waals surface area contributed by atoms with Crippen molar-refractivity contribution in [3.05, 3.63) is 11.1 Å². The maximum Gasteiger partial charge on any atom is 0.247 e. The maximum absolute atomic E-state index is 11.7. The Morgan fingerprint density at radius 2 is 1.87 bits per heavy atom. The van der Waals surface area contributed by atoms with Gasteiger partial charge in [0.05, 0.1) is 5.60 Å². The molecule has 0 fully saturated rings. The molecule has 0 saturated heterocycles. The standard InChI is InChI=1S/C12H23NO2/c1-6-7-10(9(2)3)11(14)13-8-12(4,5)15/h15H,6-8H2,1-5H3,(H,13,14). The largest absolute Gasteiger partial charge is 0.389 e. The Balaban J connectivity index is 4.36. The highest BCUT2D eigenvalue weighted by Gasteiger charge is 2.16. The average molecular weight is 213 g/mol. The van der Waals surface area contributed by atoms with Crippen molar-refractivity contribution in [2.24, 2.45) is 0 Å². The topological polar surface area (TPSA) is 49.3 Å². The average Bonchev–Trinajstić information content (AvgIpc) is 2.08. The van der Waals surface area contributed by atoms with E-state index in [9.17, 15) is 9.90 Å². The quantitative estimate of drug-likeness (QED) is 0.686. The van der Waals surface area contributed by atoms with Crippen LogP contribution in [0.2, 0.25) is 0 Å². The molecular weight excluding hydrogens is 190 g/mol. The zero-order chi connectivity index (χ0) is 12.1. The van der Waals surface area contributed by atoms with Crippen LogP contribution in [-0.4, -0.2) is 23.2 Å². The van der Waals surface area contributed by atoms with Crippen molar-refractivity contribution < 1.29 is 9.90 Å². The predicted molar refractivity (Wildman–Crippen MR) is 62.6 cm³/mol. The van der Waals surface area contributed by atoms with Gasteiger partial charge in [0.25, 0.3) is 0 Å². The number of carbonyl (C=O) groups is 1. The number of allylic oxidation sites excluding steroid dienone is 1. The van der Waals surface area contributed by atoms with Crippen LogP contribution in [0.15, 0.2) is 11.1 Å². The lowest BCUT2D eigenvalue weighted by molar-refractivity contribution is -0.118.